The van der Waals surface area contributed by atoms with E-state index in [1.54, 1.807) is 41.6 Å². The Morgan fingerprint density at radius 3 is 2.95 bits per heavy atom. The highest BCUT2D eigenvalue weighted by Crippen LogP contribution is 2.24. The summed E-state index contributed by atoms with van der Waals surface area (Å²) in [5, 5.41) is 12.6. The van der Waals surface area contributed by atoms with Crippen molar-refractivity contribution in [2.24, 2.45) is 5.92 Å². The monoisotopic (exact) mass is 286 g/mol. The topological polar surface area (TPSA) is 80.0 Å². The average Bonchev–Trinajstić information content (AvgIpc) is 3.17. The molecular weight excluding hydrogens is 268 g/mol. The quantitative estimate of drug-likeness (QED) is 0.884. The van der Waals surface area contributed by atoms with Crippen molar-refractivity contribution >= 4 is 5.91 Å². The van der Waals surface area contributed by atoms with Crippen LogP contribution in [0, 0.1) is 5.92 Å². The highest BCUT2D eigenvalue weighted by Gasteiger charge is 2.25. The van der Waals surface area contributed by atoms with Gasteiger partial charge in [-0.05, 0) is 25.0 Å². The Bertz CT molecular complexity index is 595. The zero-order chi connectivity index (χ0) is 14.7. The number of aromatic nitrogens is 3. The average molecular weight is 286 g/mol. The van der Waals surface area contributed by atoms with Crippen LogP contribution < -0.4 is 5.32 Å². The molecule has 1 aliphatic carbocycles. The lowest BCUT2D eigenvalue weighted by atomic mass is 10.1. The molecule has 0 aromatic carbocycles. The molecule has 0 radical (unpaired) electrons. The summed E-state index contributed by atoms with van der Waals surface area (Å²) in [5.41, 5.74) is 0.520. The van der Waals surface area contributed by atoms with Gasteiger partial charge in [0, 0.05) is 31.1 Å². The smallest absolute Gasteiger partial charge is 0.252 e. The van der Waals surface area contributed by atoms with Gasteiger partial charge >= 0.3 is 0 Å². The van der Waals surface area contributed by atoms with Gasteiger partial charge in [-0.1, -0.05) is 6.42 Å². The summed E-state index contributed by atoms with van der Waals surface area (Å²) >= 11 is 0. The van der Waals surface area contributed by atoms with Crippen LogP contribution in [-0.4, -0.2) is 38.2 Å². The number of imidazole rings is 1. The van der Waals surface area contributed by atoms with Crippen molar-refractivity contribution in [3.8, 4) is 5.82 Å². The fraction of sp³-hybridized carbons (Fsp3) is 0.400. The molecule has 1 fully saturated rings. The lowest BCUT2D eigenvalue weighted by Gasteiger charge is -2.15. The molecule has 110 valence electrons. The predicted octanol–water partition coefficient (Wildman–Crippen LogP) is 1.16. The summed E-state index contributed by atoms with van der Waals surface area (Å²) in [4.78, 5) is 20.3. The second-order valence-electron chi connectivity index (χ2n) is 5.34. The van der Waals surface area contributed by atoms with Crippen LogP contribution in [0.3, 0.4) is 0 Å². The maximum Gasteiger partial charge on any atom is 0.252 e. The number of aliphatic hydroxyl groups excluding tert-OH is 1. The first-order valence-electron chi connectivity index (χ1n) is 7.14. The molecule has 6 heteroatoms. The minimum atomic E-state index is -0.285. The molecule has 0 bridgehead atoms. The zero-order valence-corrected chi connectivity index (χ0v) is 11.6. The Hall–Kier alpha value is -2.21. The van der Waals surface area contributed by atoms with Crippen molar-refractivity contribution in [2.75, 3.05) is 6.54 Å². The fourth-order valence-corrected chi connectivity index (χ4v) is 2.65. The third-order valence-corrected chi connectivity index (χ3v) is 3.92. The molecule has 21 heavy (non-hydrogen) atoms. The molecule has 1 saturated carbocycles. The van der Waals surface area contributed by atoms with Gasteiger partial charge in [-0.15, -0.1) is 0 Å². The van der Waals surface area contributed by atoms with E-state index in [2.05, 4.69) is 15.3 Å². The van der Waals surface area contributed by atoms with E-state index in [0.29, 0.717) is 12.1 Å². The van der Waals surface area contributed by atoms with Gasteiger partial charge in [0.1, 0.15) is 12.1 Å². The first-order chi connectivity index (χ1) is 10.2. The molecule has 2 aromatic rings. The van der Waals surface area contributed by atoms with E-state index in [1.807, 2.05) is 0 Å². The first kappa shape index (κ1) is 13.8. The maximum atomic E-state index is 12.1. The number of rotatable bonds is 4. The molecule has 2 aromatic heterocycles. The summed E-state index contributed by atoms with van der Waals surface area (Å²) in [6, 6.07) is 3.52. The van der Waals surface area contributed by atoms with Crippen molar-refractivity contribution in [2.45, 2.75) is 25.4 Å². The number of nitrogens with one attached hydrogen (secondary N) is 1. The molecule has 2 atom stereocenters. The minimum absolute atomic E-state index is 0.154. The van der Waals surface area contributed by atoms with Crippen LogP contribution in [0.1, 0.15) is 29.6 Å². The van der Waals surface area contributed by atoms with E-state index < -0.39 is 0 Å². The normalized spacial score (nSPS) is 21.4. The number of nitrogens with zero attached hydrogens (tertiary/aromatic N) is 3. The van der Waals surface area contributed by atoms with E-state index >= 15 is 0 Å². The maximum absolute atomic E-state index is 12.1. The molecule has 6 nitrogen and oxygen atoms in total. The molecular formula is C15H18N4O2. The summed E-state index contributed by atoms with van der Waals surface area (Å²) in [5.74, 6) is 0.737. The van der Waals surface area contributed by atoms with E-state index in [0.717, 1.165) is 25.1 Å². The van der Waals surface area contributed by atoms with Crippen LogP contribution >= 0.6 is 0 Å². The van der Waals surface area contributed by atoms with Gasteiger partial charge in [-0.2, -0.15) is 0 Å². The van der Waals surface area contributed by atoms with Crippen LogP contribution in [0.25, 0.3) is 5.82 Å². The van der Waals surface area contributed by atoms with Gasteiger partial charge in [-0.25, -0.2) is 9.97 Å². The van der Waals surface area contributed by atoms with Gasteiger partial charge in [0.2, 0.25) is 0 Å². The number of pyridine rings is 1. The molecule has 3 rings (SSSR count). The highest BCUT2D eigenvalue weighted by molar-refractivity contribution is 5.93. The molecule has 0 spiro atoms. The van der Waals surface area contributed by atoms with Crippen molar-refractivity contribution in [3.63, 3.8) is 0 Å². The van der Waals surface area contributed by atoms with E-state index in [1.165, 1.54) is 0 Å². The summed E-state index contributed by atoms with van der Waals surface area (Å²) in [6.45, 7) is 0.517. The number of aliphatic hydroxyl groups is 1. The molecule has 0 aliphatic heterocycles. The molecule has 1 amide bonds. The van der Waals surface area contributed by atoms with Crippen molar-refractivity contribution in [1.82, 2.24) is 19.9 Å². The van der Waals surface area contributed by atoms with Crippen LogP contribution in [0.4, 0.5) is 0 Å². The second kappa shape index (κ2) is 6.05. The predicted molar refractivity (Wildman–Crippen MR) is 77.0 cm³/mol. The third kappa shape index (κ3) is 3.11. The number of amides is 1. The van der Waals surface area contributed by atoms with Gasteiger partial charge in [0.15, 0.2) is 0 Å². The van der Waals surface area contributed by atoms with E-state index in [9.17, 15) is 9.90 Å². The molecule has 0 saturated heterocycles. The first-order valence-corrected chi connectivity index (χ1v) is 7.14. The Balaban J connectivity index is 1.60. The summed E-state index contributed by atoms with van der Waals surface area (Å²) < 4.78 is 1.77. The number of hydrogen-bond donors (Lipinski definition) is 2. The van der Waals surface area contributed by atoms with Crippen LogP contribution in [0.15, 0.2) is 37.1 Å². The Morgan fingerprint density at radius 2 is 2.33 bits per heavy atom. The largest absolute Gasteiger partial charge is 0.393 e. The number of hydrogen-bond acceptors (Lipinski definition) is 4. The third-order valence-electron chi connectivity index (χ3n) is 3.92. The summed E-state index contributed by atoms with van der Waals surface area (Å²) in [6.07, 6.45) is 9.23. The zero-order valence-electron chi connectivity index (χ0n) is 11.6. The molecule has 2 N–H and O–H groups in total. The van der Waals surface area contributed by atoms with Gasteiger partial charge in [0.25, 0.3) is 5.91 Å². The fourth-order valence-electron chi connectivity index (χ4n) is 2.65. The van der Waals surface area contributed by atoms with Crippen molar-refractivity contribution in [3.05, 3.63) is 42.6 Å². The summed E-state index contributed by atoms with van der Waals surface area (Å²) in [7, 11) is 0. The number of carbonyl (C=O) groups excluding carboxylic acids is 1. The van der Waals surface area contributed by atoms with Crippen LogP contribution in [0.2, 0.25) is 0 Å². The molecule has 2 heterocycles. The molecule has 2 unspecified atom stereocenters. The van der Waals surface area contributed by atoms with Crippen LogP contribution in [-0.2, 0) is 0 Å². The standard InChI is InChI=1S/C15H18N4O2/c20-13-3-1-2-11(13)8-18-15(21)12-4-5-14(17-9-12)19-7-6-16-10-19/h4-7,9-11,13,20H,1-3,8H2,(H,18,21). The Labute approximate surface area is 122 Å². The van der Waals surface area contributed by atoms with Gasteiger partial charge < -0.3 is 10.4 Å². The van der Waals surface area contributed by atoms with Gasteiger partial charge in [-0.3, -0.25) is 9.36 Å². The lowest BCUT2D eigenvalue weighted by molar-refractivity contribution is 0.0916. The minimum Gasteiger partial charge on any atom is -0.393 e. The Morgan fingerprint density at radius 1 is 1.43 bits per heavy atom. The number of carbonyl (C=O) groups is 1. The second-order valence-corrected chi connectivity index (χ2v) is 5.34. The van der Waals surface area contributed by atoms with Crippen LogP contribution in [0.5, 0.6) is 0 Å². The Kier molecular flexibility index (Phi) is 3.96. The highest BCUT2D eigenvalue weighted by atomic mass is 16.3. The molecule has 1 aliphatic rings. The van der Waals surface area contributed by atoms with Crippen molar-refractivity contribution in [1.29, 1.82) is 0 Å². The SMILES string of the molecule is O=C(NCC1CCCC1O)c1ccc(-n2ccnc2)nc1. The van der Waals surface area contributed by atoms with Gasteiger partial charge in [0.05, 0.1) is 11.7 Å². The van der Waals surface area contributed by atoms with E-state index in [-0.39, 0.29) is 17.9 Å². The van der Waals surface area contributed by atoms with E-state index in [4.69, 9.17) is 0 Å². The lowest BCUT2D eigenvalue weighted by Crippen LogP contribution is -2.32. The van der Waals surface area contributed by atoms with Crippen molar-refractivity contribution < 1.29 is 9.90 Å².